The molecule has 1 aromatic heterocycles. The van der Waals surface area contributed by atoms with E-state index in [4.69, 9.17) is 4.74 Å². The van der Waals surface area contributed by atoms with Crippen LogP contribution in [0.4, 0.5) is 16.2 Å². The van der Waals surface area contributed by atoms with Crippen LogP contribution in [0, 0.1) is 0 Å². The number of nitrogens with one attached hydrogen (secondary N) is 2. The number of carbonyl (C=O) groups is 1. The molecule has 2 N–H and O–H groups in total. The maximum Gasteiger partial charge on any atom is 0.411 e. The molecule has 0 spiro atoms. The van der Waals surface area contributed by atoms with Crippen molar-refractivity contribution in [2.45, 2.75) is 13.5 Å². The Bertz CT molecular complexity index is 541. The summed E-state index contributed by atoms with van der Waals surface area (Å²) < 4.78 is 4.81. The van der Waals surface area contributed by atoms with Gasteiger partial charge < -0.3 is 10.1 Å². The molecule has 2 aromatic rings. The van der Waals surface area contributed by atoms with Crippen molar-refractivity contribution < 1.29 is 9.53 Å². The Morgan fingerprint density at radius 2 is 1.90 bits per heavy atom. The molecule has 0 aliphatic carbocycles. The summed E-state index contributed by atoms with van der Waals surface area (Å²) >= 11 is 0. The zero-order chi connectivity index (χ0) is 14.2. The lowest BCUT2D eigenvalue weighted by Crippen LogP contribution is -2.13. The van der Waals surface area contributed by atoms with Crippen molar-refractivity contribution in [1.82, 2.24) is 4.98 Å². The Balaban J connectivity index is 1.87. The molecule has 0 unspecified atom stereocenters. The third-order valence-electron chi connectivity index (χ3n) is 2.61. The molecule has 2 rings (SSSR count). The van der Waals surface area contributed by atoms with E-state index in [9.17, 15) is 4.79 Å². The summed E-state index contributed by atoms with van der Waals surface area (Å²) in [5.74, 6) is 0. The summed E-state index contributed by atoms with van der Waals surface area (Å²) in [6, 6.07) is 13.2. The number of aromatic nitrogens is 1. The lowest BCUT2D eigenvalue weighted by Gasteiger charge is -2.08. The van der Waals surface area contributed by atoms with E-state index < -0.39 is 6.09 Å². The molecule has 0 atom stereocenters. The number of rotatable bonds is 5. The van der Waals surface area contributed by atoms with Crippen LogP contribution in [0.25, 0.3) is 0 Å². The molecule has 104 valence electrons. The summed E-state index contributed by atoms with van der Waals surface area (Å²) in [7, 11) is 0. The van der Waals surface area contributed by atoms with Gasteiger partial charge in [-0.3, -0.25) is 10.3 Å². The second-order valence-electron chi connectivity index (χ2n) is 4.10. The van der Waals surface area contributed by atoms with Crippen LogP contribution in [-0.2, 0) is 11.3 Å². The highest BCUT2D eigenvalue weighted by Crippen LogP contribution is 2.14. The van der Waals surface area contributed by atoms with E-state index in [1.807, 2.05) is 42.5 Å². The van der Waals surface area contributed by atoms with E-state index in [0.717, 1.165) is 11.4 Å². The number of ether oxygens (including phenoxy) is 1. The minimum atomic E-state index is -0.443. The van der Waals surface area contributed by atoms with Crippen molar-refractivity contribution in [3.05, 3.63) is 54.4 Å². The first-order valence-corrected chi connectivity index (χ1v) is 6.45. The Morgan fingerprint density at radius 3 is 2.55 bits per heavy atom. The van der Waals surface area contributed by atoms with Gasteiger partial charge >= 0.3 is 6.09 Å². The van der Waals surface area contributed by atoms with Crippen molar-refractivity contribution in [3.63, 3.8) is 0 Å². The number of anilines is 2. The topological polar surface area (TPSA) is 63.2 Å². The number of nitrogens with zero attached hydrogens (tertiary/aromatic N) is 1. The SMILES string of the molecule is CCOC(=O)Nc1ccc(NCc2ccccn2)cc1. The van der Waals surface area contributed by atoms with Gasteiger partial charge in [-0.15, -0.1) is 0 Å². The largest absolute Gasteiger partial charge is 0.450 e. The molecule has 5 heteroatoms. The van der Waals surface area contributed by atoms with Crippen LogP contribution in [0.5, 0.6) is 0 Å². The molecule has 1 aromatic carbocycles. The molecule has 1 heterocycles. The third-order valence-corrected chi connectivity index (χ3v) is 2.61. The zero-order valence-corrected chi connectivity index (χ0v) is 11.3. The van der Waals surface area contributed by atoms with Crippen LogP contribution < -0.4 is 10.6 Å². The van der Waals surface area contributed by atoms with Gasteiger partial charge in [-0.2, -0.15) is 0 Å². The molecule has 0 saturated heterocycles. The lowest BCUT2D eigenvalue weighted by molar-refractivity contribution is 0.168. The van der Waals surface area contributed by atoms with Crippen molar-refractivity contribution in [2.24, 2.45) is 0 Å². The Kier molecular flexibility index (Phi) is 4.94. The second-order valence-corrected chi connectivity index (χ2v) is 4.10. The summed E-state index contributed by atoms with van der Waals surface area (Å²) in [6.07, 6.45) is 1.32. The predicted octanol–water partition coefficient (Wildman–Crippen LogP) is 3.26. The van der Waals surface area contributed by atoms with E-state index in [-0.39, 0.29) is 0 Å². The number of carbonyl (C=O) groups excluding carboxylic acids is 1. The van der Waals surface area contributed by atoms with Gasteiger partial charge in [-0.05, 0) is 43.3 Å². The minimum Gasteiger partial charge on any atom is -0.450 e. The van der Waals surface area contributed by atoms with E-state index in [1.165, 1.54) is 0 Å². The maximum atomic E-state index is 11.3. The van der Waals surface area contributed by atoms with Gasteiger partial charge in [0.1, 0.15) is 0 Å². The van der Waals surface area contributed by atoms with Gasteiger partial charge in [0.2, 0.25) is 0 Å². The van der Waals surface area contributed by atoms with Gasteiger partial charge in [-0.25, -0.2) is 4.79 Å². The van der Waals surface area contributed by atoms with Crippen LogP contribution in [0.15, 0.2) is 48.7 Å². The molecular weight excluding hydrogens is 254 g/mol. The van der Waals surface area contributed by atoms with E-state index >= 15 is 0 Å². The summed E-state index contributed by atoms with van der Waals surface area (Å²) in [4.78, 5) is 15.5. The molecular formula is C15H17N3O2. The lowest BCUT2D eigenvalue weighted by atomic mass is 10.2. The summed E-state index contributed by atoms with van der Waals surface area (Å²) in [6.45, 7) is 2.78. The summed E-state index contributed by atoms with van der Waals surface area (Å²) in [5, 5.41) is 5.90. The first-order chi connectivity index (χ1) is 9.78. The Labute approximate surface area is 118 Å². The van der Waals surface area contributed by atoms with Crippen molar-refractivity contribution in [1.29, 1.82) is 0 Å². The third kappa shape index (κ3) is 4.28. The standard InChI is InChI=1S/C15H17N3O2/c1-2-20-15(19)18-13-8-6-12(7-9-13)17-11-14-5-3-4-10-16-14/h3-10,17H,2,11H2,1H3,(H,18,19). The minimum absolute atomic E-state index is 0.357. The summed E-state index contributed by atoms with van der Waals surface area (Å²) in [5.41, 5.74) is 2.64. The average Bonchev–Trinajstić information content (AvgIpc) is 2.48. The fraction of sp³-hybridized carbons (Fsp3) is 0.200. The molecule has 0 aliphatic heterocycles. The Hall–Kier alpha value is -2.56. The van der Waals surface area contributed by atoms with Crippen LogP contribution in [0.2, 0.25) is 0 Å². The zero-order valence-electron chi connectivity index (χ0n) is 11.3. The molecule has 1 amide bonds. The highest BCUT2D eigenvalue weighted by atomic mass is 16.5. The number of hydrogen-bond acceptors (Lipinski definition) is 4. The number of hydrogen-bond donors (Lipinski definition) is 2. The van der Waals surface area contributed by atoms with Gasteiger partial charge in [0.05, 0.1) is 18.8 Å². The second kappa shape index (κ2) is 7.13. The molecule has 0 radical (unpaired) electrons. The monoisotopic (exact) mass is 271 g/mol. The molecule has 20 heavy (non-hydrogen) atoms. The fourth-order valence-corrected chi connectivity index (χ4v) is 1.65. The van der Waals surface area contributed by atoms with Gasteiger partial charge in [0, 0.05) is 17.6 Å². The number of benzene rings is 1. The van der Waals surface area contributed by atoms with Crippen LogP contribution in [0.1, 0.15) is 12.6 Å². The van der Waals surface area contributed by atoms with Gasteiger partial charge in [0.25, 0.3) is 0 Å². The maximum absolute atomic E-state index is 11.3. The highest BCUT2D eigenvalue weighted by molar-refractivity contribution is 5.84. The quantitative estimate of drug-likeness (QED) is 0.876. The van der Waals surface area contributed by atoms with Crippen LogP contribution in [0.3, 0.4) is 0 Å². The van der Waals surface area contributed by atoms with Gasteiger partial charge in [-0.1, -0.05) is 6.07 Å². The van der Waals surface area contributed by atoms with Gasteiger partial charge in [0.15, 0.2) is 0 Å². The Morgan fingerprint density at radius 1 is 1.15 bits per heavy atom. The molecule has 0 fully saturated rings. The van der Waals surface area contributed by atoms with Crippen LogP contribution >= 0.6 is 0 Å². The molecule has 5 nitrogen and oxygen atoms in total. The normalized spacial score (nSPS) is 9.85. The van der Waals surface area contributed by atoms with E-state index in [1.54, 1.807) is 13.1 Å². The van der Waals surface area contributed by atoms with Crippen molar-refractivity contribution >= 4 is 17.5 Å². The highest BCUT2D eigenvalue weighted by Gasteiger charge is 2.01. The molecule has 0 saturated carbocycles. The van der Waals surface area contributed by atoms with Crippen molar-refractivity contribution in [2.75, 3.05) is 17.2 Å². The van der Waals surface area contributed by atoms with Crippen LogP contribution in [-0.4, -0.2) is 17.7 Å². The number of amides is 1. The first-order valence-electron chi connectivity index (χ1n) is 6.45. The fourth-order valence-electron chi connectivity index (χ4n) is 1.65. The number of pyridine rings is 1. The predicted molar refractivity (Wildman–Crippen MR) is 78.7 cm³/mol. The molecule has 0 aliphatic rings. The van der Waals surface area contributed by atoms with E-state index in [0.29, 0.717) is 18.8 Å². The average molecular weight is 271 g/mol. The molecule has 0 bridgehead atoms. The smallest absolute Gasteiger partial charge is 0.411 e. The van der Waals surface area contributed by atoms with E-state index in [2.05, 4.69) is 15.6 Å². The van der Waals surface area contributed by atoms with Crippen molar-refractivity contribution in [3.8, 4) is 0 Å². The first kappa shape index (κ1) is 13.9.